The van der Waals surface area contributed by atoms with Crippen LogP contribution in [0, 0.1) is 10.1 Å². The average Bonchev–Trinajstić information content (AvgIpc) is 2.87. The number of methoxy groups -OCH3 is 1. The van der Waals surface area contributed by atoms with Crippen LogP contribution in [0.15, 0.2) is 34.7 Å². The summed E-state index contributed by atoms with van der Waals surface area (Å²) in [6, 6.07) is 7.06. The van der Waals surface area contributed by atoms with Crippen molar-refractivity contribution in [1.82, 2.24) is 0 Å². The van der Waals surface area contributed by atoms with E-state index in [-0.39, 0.29) is 11.6 Å². The second-order valence-corrected chi connectivity index (χ2v) is 4.21. The third-order valence-corrected chi connectivity index (χ3v) is 2.97. The van der Waals surface area contributed by atoms with Gasteiger partial charge in [-0.1, -0.05) is 17.7 Å². The van der Waals surface area contributed by atoms with E-state index in [0.717, 1.165) is 0 Å². The molecule has 2 aromatic rings. The first-order valence-electron chi connectivity index (χ1n) is 5.36. The average molecular weight is 283 g/mol. The van der Waals surface area contributed by atoms with Crippen LogP contribution in [0.2, 0.25) is 5.02 Å². The lowest BCUT2D eigenvalue weighted by Gasteiger charge is -2.11. The molecule has 2 rings (SSSR count). The number of hydrogen-bond acceptors (Lipinski definition) is 5. The van der Waals surface area contributed by atoms with E-state index >= 15 is 0 Å². The van der Waals surface area contributed by atoms with Crippen molar-refractivity contribution in [2.45, 2.75) is 6.04 Å². The molecule has 0 saturated heterocycles. The van der Waals surface area contributed by atoms with E-state index in [2.05, 4.69) is 0 Å². The van der Waals surface area contributed by atoms with E-state index in [9.17, 15) is 10.1 Å². The Hall–Kier alpha value is -2.05. The van der Waals surface area contributed by atoms with Crippen molar-refractivity contribution in [2.24, 2.45) is 5.73 Å². The Labute approximate surface area is 113 Å². The number of rotatable bonds is 4. The van der Waals surface area contributed by atoms with Crippen LogP contribution in [0.25, 0.3) is 0 Å². The van der Waals surface area contributed by atoms with Gasteiger partial charge in [-0.3, -0.25) is 10.1 Å². The second-order valence-electron chi connectivity index (χ2n) is 3.80. The molecule has 1 aromatic heterocycles. The van der Waals surface area contributed by atoms with Gasteiger partial charge in [0, 0.05) is 5.02 Å². The maximum Gasteiger partial charge on any atom is 0.433 e. The molecule has 1 aromatic carbocycles. The SMILES string of the molecule is COc1ccc(C(N)c2ccc([N+](=O)[O-])o2)c(Cl)c1. The number of ether oxygens (including phenoxy) is 1. The molecule has 0 saturated carbocycles. The van der Waals surface area contributed by atoms with Crippen LogP contribution in [0.3, 0.4) is 0 Å². The lowest BCUT2D eigenvalue weighted by atomic mass is 10.1. The molecule has 1 heterocycles. The molecule has 100 valence electrons. The van der Waals surface area contributed by atoms with Crippen molar-refractivity contribution < 1.29 is 14.1 Å². The predicted octanol–water partition coefficient (Wildman–Crippen LogP) is 2.90. The molecule has 0 radical (unpaired) electrons. The van der Waals surface area contributed by atoms with E-state index in [1.165, 1.54) is 19.2 Å². The normalized spacial score (nSPS) is 12.2. The highest BCUT2D eigenvalue weighted by Crippen LogP contribution is 2.31. The first-order chi connectivity index (χ1) is 9.02. The summed E-state index contributed by atoms with van der Waals surface area (Å²) in [7, 11) is 1.53. The zero-order chi connectivity index (χ0) is 14.0. The summed E-state index contributed by atoms with van der Waals surface area (Å²) in [5.74, 6) is 0.528. The molecular weight excluding hydrogens is 272 g/mol. The number of nitrogens with zero attached hydrogens (tertiary/aromatic N) is 1. The van der Waals surface area contributed by atoms with Gasteiger partial charge in [0.05, 0.1) is 19.2 Å². The number of hydrogen-bond donors (Lipinski definition) is 1. The standard InChI is InChI=1S/C12H11ClN2O4/c1-18-7-2-3-8(9(13)6-7)12(14)10-4-5-11(19-10)15(16)17/h2-6,12H,14H2,1H3. The smallest absolute Gasteiger partial charge is 0.433 e. The van der Waals surface area contributed by atoms with Crippen LogP contribution < -0.4 is 10.5 Å². The molecule has 0 amide bonds. The highest BCUT2D eigenvalue weighted by Gasteiger charge is 2.20. The summed E-state index contributed by atoms with van der Waals surface area (Å²) in [4.78, 5) is 9.93. The Bertz CT molecular complexity index is 612. The Morgan fingerprint density at radius 2 is 2.16 bits per heavy atom. The molecule has 1 atom stereocenters. The molecule has 7 heteroatoms. The number of nitro groups is 1. The molecule has 0 fully saturated rings. The summed E-state index contributed by atoms with van der Waals surface area (Å²) >= 11 is 6.09. The fourth-order valence-corrected chi connectivity index (χ4v) is 1.94. The number of benzene rings is 1. The van der Waals surface area contributed by atoms with Crippen molar-refractivity contribution in [3.8, 4) is 5.75 Å². The highest BCUT2D eigenvalue weighted by molar-refractivity contribution is 6.31. The molecule has 19 heavy (non-hydrogen) atoms. The molecule has 1 unspecified atom stereocenters. The number of halogens is 1. The van der Waals surface area contributed by atoms with Crippen molar-refractivity contribution >= 4 is 17.5 Å². The van der Waals surface area contributed by atoms with Crippen molar-refractivity contribution in [3.05, 3.63) is 56.8 Å². The topological polar surface area (TPSA) is 91.5 Å². The van der Waals surface area contributed by atoms with Gasteiger partial charge in [0.2, 0.25) is 0 Å². The summed E-state index contributed by atoms with van der Waals surface area (Å²) in [6.07, 6.45) is 0. The Balaban J connectivity index is 2.32. The van der Waals surface area contributed by atoms with Crippen LogP contribution in [0.5, 0.6) is 5.75 Å². The van der Waals surface area contributed by atoms with Gasteiger partial charge >= 0.3 is 5.88 Å². The van der Waals surface area contributed by atoms with Crippen molar-refractivity contribution in [2.75, 3.05) is 7.11 Å². The summed E-state index contributed by atoms with van der Waals surface area (Å²) in [5, 5.41) is 11.0. The number of nitrogens with two attached hydrogens (primary N) is 1. The van der Waals surface area contributed by atoms with Gasteiger partial charge in [-0.05, 0) is 23.8 Å². The van der Waals surface area contributed by atoms with E-state index in [0.29, 0.717) is 16.3 Å². The van der Waals surface area contributed by atoms with Crippen LogP contribution in [0.4, 0.5) is 5.88 Å². The molecular formula is C12H11ClN2O4. The summed E-state index contributed by atoms with van der Waals surface area (Å²) in [6.45, 7) is 0. The molecule has 6 nitrogen and oxygen atoms in total. The third-order valence-electron chi connectivity index (χ3n) is 2.64. The first-order valence-corrected chi connectivity index (χ1v) is 5.74. The van der Waals surface area contributed by atoms with Crippen molar-refractivity contribution in [1.29, 1.82) is 0 Å². The number of furan rings is 1. The zero-order valence-corrected chi connectivity index (χ0v) is 10.8. The quantitative estimate of drug-likeness (QED) is 0.687. The van der Waals surface area contributed by atoms with Crippen molar-refractivity contribution in [3.63, 3.8) is 0 Å². The molecule has 0 aliphatic rings. The van der Waals surface area contributed by atoms with Gasteiger partial charge < -0.3 is 14.9 Å². The van der Waals surface area contributed by atoms with Crippen LogP contribution >= 0.6 is 11.6 Å². The van der Waals surface area contributed by atoms with Crippen LogP contribution in [-0.4, -0.2) is 12.0 Å². The van der Waals surface area contributed by atoms with E-state index in [1.54, 1.807) is 18.2 Å². The Kier molecular flexibility index (Phi) is 3.73. The Morgan fingerprint density at radius 3 is 2.68 bits per heavy atom. The fourth-order valence-electron chi connectivity index (χ4n) is 1.65. The minimum absolute atomic E-state index is 0.277. The molecule has 0 aliphatic heterocycles. The lowest BCUT2D eigenvalue weighted by molar-refractivity contribution is -0.402. The van der Waals surface area contributed by atoms with Crippen LogP contribution in [0.1, 0.15) is 17.4 Å². The summed E-state index contributed by atoms with van der Waals surface area (Å²) < 4.78 is 10.1. The molecule has 2 N–H and O–H groups in total. The van der Waals surface area contributed by atoms with Gasteiger partial charge in [-0.25, -0.2) is 0 Å². The zero-order valence-electron chi connectivity index (χ0n) is 10.00. The maximum atomic E-state index is 10.6. The molecule has 0 bridgehead atoms. The van der Waals surface area contributed by atoms with Gasteiger partial charge in [-0.2, -0.15) is 0 Å². The van der Waals surface area contributed by atoms with E-state index < -0.39 is 11.0 Å². The molecule has 0 aliphatic carbocycles. The van der Waals surface area contributed by atoms with Gasteiger partial charge in [0.25, 0.3) is 0 Å². The third kappa shape index (κ3) is 2.69. The lowest BCUT2D eigenvalue weighted by Crippen LogP contribution is -2.11. The maximum absolute atomic E-state index is 10.6. The minimum Gasteiger partial charge on any atom is -0.497 e. The van der Waals surface area contributed by atoms with E-state index in [4.69, 9.17) is 26.5 Å². The van der Waals surface area contributed by atoms with E-state index in [1.807, 2.05) is 0 Å². The van der Waals surface area contributed by atoms with Gasteiger partial charge in [-0.15, -0.1) is 0 Å². The monoisotopic (exact) mass is 282 g/mol. The van der Waals surface area contributed by atoms with Gasteiger partial charge in [0.15, 0.2) is 0 Å². The summed E-state index contributed by atoms with van der Waals surface area (Å²) in [5.41, 5.74) is 6.58. The Morgan fingerprint density at radius 1 is 1.42 bits per heavy atom. The van der Waals surface area contributed by atoms with Gasteiger partial charge in [0.1, 0.15) is 16.4 Å². The largest absolute Gasteiger partial charge is 0.497 e. The molecule has 0 spiro atoms. The fraction of sp³-hybridized carbons (Fsp3) is 0.167. The predicted molar refractivity (Wildman–Crippen MR) is 69.4 cm³/mol. The highest BCUT2D eigenvalue weighted by atomic mass is 35.5. The van der Waals surface area contributed by atoms with Crippen LogP contribution in [-0.2, 0) is 0 Å². The second kappa shape index (κ2) is 5.29. The minimum atomic E-state index is -0.674. The first kappa shape index (κ1) is 13.4.